The number of carboxylic acid groups (broad SMARTS) is 1. The van der Waals surface area contributed by atoms with Gasteiger partial charge in [0.05, 0.1) is 11.8 Å². The predicted octanol–water partition coefficient (Wildman–Crippen LogP) is 1.68. The van der Waals surface area contributed by atoms with E-state index in [-0.39, 0.29) is 11.7 Å². The number of hydrogen-bond donors (Lipinski definition) is 3. The average Bonchev–Trinajstić information content (AvgIpc) is 2.46. The molecule has 0 bridgehead atoms. The maximum absolute atomic E-state index is 12.1. The number of amides is 1. The predicted molar refractivity (Wildman–Crippen MR) is 72.9 cm³/mol. The van der Waals surface area contributed by atoms with Crippen molar-refractivity contribution in [3.05, 3.63) is 42.0 Å². The number of rotatable bonds is 4. The Balaban J connectivity index is 1.95. The molecule has 1 aliphatic rings. The lowest BCUT2D eigenvalue weighted by Crippen LogP contribution is -2.38. The molecular weight excluding hydrogens is 258 g/mol. The summed E-state index contributed by atoms with van der Waals surface area (Å²) in [6, 6.07) is 6.52. The van der Waals surface area contributed by atoms with E-state index >= 15 is 0 Å². The smallest absolute Gasteiger partial charge is 0.307 e. The second kappa shape index (κ2) is 6.23. The van der Waals surface area contributed by atoms with Crippen molar-refractivity contribution in [2.24, 2.45) is 11.8 Å². The minimum absolute atomic E-state index is 0.170. The Morgan fingerprint density at radius 3 is 2.30 bits per heavy atom. The van der Waals surface area contributed by atoms with Crippen molar-refractivity contribution in [3.8, 4) is 5.75 Å². The SMILES string of the molecule is O=C(O)[C@H]1CC=CC[C@H]1C(=O)NCc1ccc(O)cc1. The number of carboxylic acids is 1. The minimum Gasteiger partial charge on any atom is -0.508 e. The van der Waals surface area contributed by atoms with E-state index < -0.39 is 17.8 Å². The van der Waals surface area contributed by atoms with Crippen molar-refractivity contribution in [3.63, 3.8) is 0 Å². The fourth-order valence-corrected chi connectivity index (χ4v) is 2.31. The first-order valence-corrected chi connectivity index (χ1v) is 6.51. The Morgan fingerprint density at radius 2 is 1.70 bits per heavy atom. The molecule has 0 saturated carbocycles. The molecule has 0 saturated heterocycles. The number of allylic oxidation sites excluding steroid dienone is 2. The minimum atomic E-state index is -0.931. The van der Waals surface area contributed by atoms with Crippen molar-refractivity contribution < 1.29 is 19.8 Å². The molecule has 5 nitrogen and oxygen atoms in total. The number of carbonyl (C=O) groups is 2. The number of benzene rings is 1. The highest BCUT2D eigenvalue weighted by Gasteiger charge is 2.33. The van der Waals surface area contributed by atoms with Gasteiger partial charge in [-0.2, -0.15) is 0 Å². The number of hydrogen-bond acceptors (Lipinski definition) is 3. The third-order valence-corrected chi connectivity index (χ3v) is 3.49. The first-order chi connectivity index (χ1) is 9.58. The van der Waals surface area contributed by atoms with Crippen LogP contribution in [0.4, 0.5) is 0 Å². The van der Waals surface area contributed by atoms with Crippen molar-refractivity contribution in [1.82, 2.24) is 5.32 Å². The zero-order chi connectivity index (χ0) is 14.5. The van der Waals surface area contributed by atoms with Gasteiger partial charge in [0.1, 0.15) is 5.75 Å². The first-order valence-electron chi connectivity index (χ1n) is 6.51. The largest absolute Gasteiger partial charge is 0.508 e. The molecule has 0 aromatic heterocycles. The quantitative estimate of drug-likeness (QED) is 0.730. The Kier molecular flexibility index (Phi) is 4.40. The van der Waals surface area contributed by atoms with E-state index in [9.17, 15) is 14.7 Å². The molecular formula is C15H17NO4. The number of phenols is 1. The number of aliphatic carboxylic acids is 1. The van der Waals surface area contributed by atoms with E-state index in [1.165, 1.54) is 0 Å². The maximum atomic E-state index is 12.1. The number of phenolic OH excluding ortho intramolecular Hbond substituents is 1. The summed E-state index contributed by atoms with van der Waals surface area (Å²) in [5.41, 5.74) is 0.856. The number of nitrogens with one attached hydrogen (secondary N) is 1. The Bertz CT molecular complexity index is 521. The van der Waals surface area contributed by atoms with Gasteiger partial charge in [0.2, 0.25) is 5.91 Å². The van der Waals surface area contributed by atoms with Crippen LogP contribution >= 0.6 is 0 Å². The van der Waals surface area contributed by atoms with Crippen LogP contribution in [0.1, 0.15) is 18.4 Å². The van der Waals surface area contributed by atoms with Crippen LogP contribution in [0.5, 0.6) is 5.75 Å². The topological polar surface area (TPSA) is 86.6 Å². The van der Waals surface area contributed by atoms with Gasteiger partial charge in [-0.25, -0.2) is 0 Å². The molecule has 1 aromatic rings. The van der Waals surface area contributed by atoms with Crippen LogP contribution in [0, 0.1) is 11.8 Å². The Labute approximate surface area is 116 Å². The molecule has 0 fully saturated rings. The fourth-order valence-electron chi connectivity index (χ4n) is 2.31. The molecule has 0 unspecified atom stereocenters. The van der Waals surface area contributed by atoms with E-state index in [0.29, 0.717) is 19.4 Å². The van der Waals surface area contributed by atoms with Crippen LogP contribution in [0.15, 0.2) is 36.4 Å². The van der Waals surface area contributed by atoms with E-state index in [1.54, 1.807) is 24.3 Å². The number of aromatic hydroxyl groups is 1. The molecule has 106 valence electrons. The lowest BCUT2D eigenvalue weighted by molar-refractivity contribution is -0.147. The molecule has 1 amide bonds. The zero-order valence-corrected chi connectivity index (χ0v) is 11.0. The summed E-state index contributed by atoms with van der Waals surface area (Å²) < 4.78 is 0. The summed E-state index contributed by atoms with van der Waals surface area (Å²) in [6.45, 7) is 0.325. The molecule has 20 heavy (non-hydrogen) atoms. The van der Waals surface area contributed by atoms with Crippen LogP contribution in [0.2, 0.25) is 0 Å². The van der Waals surface area contributed by atoms with Crippen LogP contribution in [0.25, 0.3) is 0 Å². The van der Waals surface area contributed by atoms with Gasteiger partial charge in [-0.1, -0.05) is 24.3 Å². The summed E-state index contributed by atoms with van der Waals surface area (Å²) in [5, 5.41) is 21.1. The van der Waals surface area contributed by atoms with Crippen LogP contribution in [-0.4, -0.2) is 22.1 Å². The monoisotopic (exact) mass is 275 g/mol. The van der Waals surface area contributed by atoms with Gasteiger partial charge < -0.3 is 15.5 Å². The van der Waals surface area contributed by atoms with Gasteiger partial charge >= 0.3 is 5.97 Å². The van der Waals surface area contributed by atoms with Gasteiger partial charge in [-0.15, -0.1) is 0 Å². The molecule has 2 rings (SSSR count). The average molecular weight is 275 g/mol. The molecule has 3 N–H and O–H groups in total. The molecule has 1 aliphatic carbocycles. The van der Waals surface area contributed by atoms with Crippen LogP contribution in [0.3, 0.4) is 0 Å². The van der Waals surface area contributed by atoms with E-state index in [2.05, 4.69) is 5.32 Å². The zero-order valence-electron chi connectivity index (χ0n) is 11.0. The second-order valence-electron chi connectivity index (χ2n) is 4.88. The lowest BCUT2D eigenvalue weighted by Gasteiger charge is -2.24. The van der Waals surface area contributed by atoms with Crippen molar-refractivity contribution in [2.75, 3.05) is 0 Å². The maximum Gasteiger partial charge on any atom is 0.307 e. The molecule has 0 spiro atoms. The van der Waals surface area contributed by atoms with E-state index in [0.717, 1.165) is 5.56 Å². The third kappa shape index (κ3) is 3.38. The summed E-state index contributed by atoms with van der Waals surface area (Å²) in [6.07, 6.45) is 4.51. The Hall–Kier alpha value is -2.30. The highest BCUT2D eigenvalue weighted by Crippen LogP contribution is 2.26. The number of carbonyl (C=O) groups excluding carboxylic acids is 1. The molecule has 5 heteroatoms. The normalized spacial score (nSPS) is 21.4. The van der Waals surface area contributed by atoms with Gasteiger partial charge in [0.25, 0.3) is 0 Å². The summed E-state index contributed by atoms with van der Waals surface area (Å²) >= 11 is 0. The van der Waals surface area contributed by atoms with Crippen molar-refractivity contribution in [2.45, 2.75) is 19.4 Å². The molecule has 0 radical (unpaired) electrons. The lowest BCUT2D eigenvalue weighted by atomic mass is 9.82. The third-order valence-electron chi connectivity index (χ3n) is 3.49. The molecule has 1 aromatic carbocycles. The summed E-state index contributed by atoms with van der Waals surface area (Å²) in [5.74, 6) is -2.17. The summed E-state index contributed by atoms with van der Waals surface area (Å²) in [4.78, 5) is 23.2. The van der Waals surface area contributed by atoms with Crippen molar-refractivity contribution in [1.29, 1.82) is 0 Å². The van der Waals surface area contributed by atoms with Crippen molar-refractivity contribution >= 4 is 11.9 Å². The van der Waals surface area contributed by atoms with E-state index in [4.69, 9.17) is 5.11 Å². The van der Waals surface area contributed by atoms with Crippen LogP contribution < -0.4 is 5.32 Å². The highest BCUT2D eigenvalue weighted by atomic mass is 16.4. The van der Waals surface area contributed by atoms with Gasteiger partial charge in [-0.05, 0) is 30.5 Å². The first kappa shape index (κ1) is 14.1. The highest BCUT2D eigenvalue weighted by molar-refractivity contribution is 5.85. The summed E-state index contributed by atoms with van der Waals surface area (Å²) in [7, 11) is 0. The fraction of sp³-hybridized carbons (Fsp3) is 0.333. The molecule has 0 aliphatic heterocycles. The van der Waals surface area contributed by atoms with E-state index in [1.807, 2.05) is 12.2 Å². The van der Waals surface area contributed by atoms with Crippen LogP contribution in [-0.2, 0) is 16.1 Å². The van der Waals surface area contributed by atoms with Gasteiger partial charge in [0, 0.05) is 6.54 Å². The van der Waals surface area contributed by atoms with Gasteiger partial charge in [0.15, 0.2) is 0 Å². The van der Waals surface area contributed by atoms with Gasteiger partial charge in [-0.3, -0.25) is 9.59 Å². The molecule has 0 heterocycles. The standard InChI is InChI=1S/C15H17NO4/c17-11-7-5-10(6-8-11)9-16-14(18)12-3-1-2-4-13(12)15(19)20/h1-2,5-8,12-13,17H,3-4,9H2,(H,16,18)(H,19,20)/t12-,13+/m1/s1. The molecule has 2 atom stereocenters. The second-order valence-corrected chi connectivity index (χ2v) is 4.88. The Morgan fingerprint density at radius 1 is 1.10 bits per heavy atom.